The summed E-state index contributed by atoms with van der Waals surface area (Å²) in [7, 11) is 4.00. The lowest BCUT2D eigenvalue weighted by Gasteiger charge is -2.23. The van der Waals surface area contributed by atoms with Crippen molar-refractivity contribution in [2.75, 3.05) is 20.6 Å². The third kappa shape index (κ3) is 3.82. The molecule has 0 saturated heterocycles. The van der Waals surface area contributed by atoms with Gasteiger partial charge in [0.1, 0.15) is 5.15 Å². The van der Waals surface area contributed by atoms with Crippen LogP contribution in [0.3, 0.4) is 0 Å². The minimum Gasteiger partial charge on any atom is -0.350 e. The SMILES string of the molecule is Cc1nn(-c2ccccc2)c(Cl)c1C(=O)NCC(c1cccs1)N(C)C. The highest BCUT2D eigenvalue weighted by Crippen LogP contribution is 2.25. The molecule has 5 nitrogen and oxygen atoms in total. The van der Waals surface area contributed by atoms with E-state index in [0.717, 1.165) is 5.69 Å². The van der Waals surface area contributed by atoms with Crippen molar-refractivity contribution >= 4 is 28.8 Å². The first kappa shape index (κ1) is 18.6. The van der Waals surface area contributed by atoms with Crippen molar-refractivity contribution in [1.82, 2.24) is 20.0 Å². The number of aromatic nitrogens is 2. The van der Waals surface area contributed by atoms with Crippen molar-refractivity contribution in [3.05, 3.63) is 69.1 Å². The summed E-state index contributed by atoms with van der Waals surface area (Å²) < 4.78 is 1.59. The Balaban J connectivity index is 1.79. The second-order valence-electron chi connectivity index (χ2n) is 6.20. The van der Waals surface area contributed by atoms with E-state index in [0.29, 0.717) is 23.0 Å². The number of amides is 1. The first-order chi connectivity index (χ1) is 12.5. The lowest BCUT2D eigenvalue weighted by Crippen LogP contribution is -2.34. The molecular formula is C19H21ClN4OS. The molecule has 2 heterocycles. The minimum absolute atomic E-state index is 0.113. The van der Waals surface area contributed by atoms with Crippen LogP contribution in [0.25, 0.3) is 5.69 Å². The first-order valence-corrected chi connectivity index (χ1v) is 9.53. The number of aryl methyl sites for hydroxylation is 1. The molecule has 0 aliphatic carbocycles. The normalized spacial score (nSPS) is 12.3. The number of hydrogen-bond donors (Lipinski definition) is 1. The third-order valence-corrected chi connectivity index (χ3v) is 5.51. The highest BCUT2D eigenvalue weighted by molar-refractivity contribution is 7.10. The van der Waals surface area contributed by atoms with Gasteiger partial charge in [-0.05, 0) is 44.6 Å². The van der Waals surface area contributed by atoms with Gasteiger partial charge < -0.3 is 10.2 Å². The van der Waals surface area contributed by atoms with E-state index < -0.39 is 0 Å². The van der Waals surface area contributed by atoms with Gasteiger partial charge in [-0.25, -0.2) is 4.68 Å². The van der Waals surface area contributed by atoms with E-state index >= 15 is 0 Å². The van der Waals surface area contributed by atoms with E-state index in [4.69, 9.17) is 11.6 Å². The fourth-order valence-electron chi connectivity index (χ4n) is 2.79. The van der Waals surface area contributed by atoms with Gasteiger partial charge in [0, 0.05) is 11.4 Å². The van der Waals surface area contributed by atoms with Crippen molar-refractivity contribution in [2.24, 2.45) is 0 Å². The number of carbonyl (C=O) groups is 1. The molecule has 1 unspecified atom stereocenters. The maximum atomic E-state index is 12.8. The number of hydrogen-bond acceptors (Lipinski definition) is 4. The second-order valence-corrected chi connectivity index (χ2v) is 7.54. The number of benzene rings is 1. The number of rotatable bonds is 6. The van der Waals surface area contributed by atoms with Gasteiger partial charge in [-0.3, -0.25) is 4.79 Å². The molecule has 3 aromatic rings. The van der Waals surface area contributed by atoms with Crippen molar-refractivity contribution in [2.45, 2.75) is 13.0 Å². The van der Waals surface area contributed by atoms with E-state index in [9.17, 15) is 4.79 Å². The largest absolute Gasteiger partial charge is 0.350 e. The van der Waals surface area contributed by atoms with Crippen LogP contribution in [-0.4, -0.2) is 41.2 Å². The minimum atomic E-state index is -0.210. The number of likely N-dealkylation sites (N-methyl/N-ethyl adjacent to an activating group) is 1. The maximum absolute atomic E-state index is 12.8. The highest BCUT2D eigenvalue weighted by atomic mass is 35.5. The molecule has 7 heteroatoms. The predicted molar refractivity (Wildman–Crippen MR) is 106 cm³/mol. The molecular weight excluding hydrogens is 368 g/mol. The molecule has 3 rings (SSSR count). The quantitative estimate of drug-likeness (QED) is 0.696. The molecule has 1 aromatic carbocycles. The van der Waals surface area contributed by atoms with E-state index in [1.54, 1.807) is 22.9 Å². The summed E-state index contributed by atoms with van der Waals surface area (Å²) in [6.45, 7) is 2.29. The molecule has 0 bridgehead atoms. The Bertz CT molecular complexity index is 875. The van der Waals surface area contributed by atoms with Crippen LogP contribution >= 0.6 is 22.9 Å². The molecule has 0 aliphatic rings. The zero-order valence-electron chi connectivity index (χ0n) is 14.9. The van der Waals surface area contributed by atoms with Crippen LogP contribution in [0.5, 0.6) is 0 Å². The summed E-state index contributed by atoms with van der Waals surface area (Å²) in [5.74, 6) is -0.210. The van der Waals surface area contributed by atoms with Gasteiger partial charge in [-0.1, -0.05) is 35.9 Å². The Morgan fingerprint density at radius 1 is 1.27 bits per heavy atom. The highest BCUT2D eigenvalue weighted by Gasteiger charge is 2.23. The summed E-state index contributed by atoms with van der Waals surface area (Å²) >= 11 is 8.15. The number of halogens is 1. The van der Waals surface area contributed by atoms with Crippen molar-refractivity contribution in [3.8, 4) is 5.69 Å². The number of carbonyl (C=O) groups excluding carboxylic acids is 1. The smallest absolute Gasteiger partial charge is 0.256 e. The molecule has 1 N–H and O–H groups in total. The molecule has 0 fully saturated rings. The monoisotopic (exact) mass is 388 g/mol. The van der Waals surface area contributed by atoms with Gasteiger partial charge in [-0.15, -0.1) is 11.3 Å². The van der Waals surface area contributed by atoms with Crippen molar-refractivity contribution in [1.29, 1.82) is 0 Å². The fourth-order valence-corrected chi connectivity index (χ4v) is 4.07. The molecule has 0 aliphatic heterocycles. The van der Waals surface area contributed by atoms with Crippen LogP contribution in [-0.2, 0) is 0 Å². The summed E-state index contributed by atoms with van der Waals surface area (Å²) in [6.07, 6.45) is 0. The number of nitrogens with zero attached hydrogens (tertiary/aromatic N) is 3. The first-order valence-electron chi connectivity index (χ1n) is 8.27. The molecule has 0 spiro atoms. The van der Waals surface area contributed by atoms with Crippen LogP contribution in [0.4, 0.5) is 0 Å². The Kier molecular flexibility index (Phi) is 5.76. The van der Waals surface area contributed by atoms with Crippen molar-refractivity contribution in [3.63, 3.8) is 0 Å². The number of nitrogens with one attached hydrogen (secondary N) is 1. The third-order valence-electron chi connectivity index (χ3n) is 4.18. The Morgan fingerprint density at radius 2 is 2.00 bits per heavy atom. The summed E-state index contributed by atoms with van der Waals surface area (Å²) in [5, 5.41) is 9.80. The van der Waals surface area contributed by atoms with Crippen LogP contribution in [0.2, 0.25) is 5.15 Å². The molecule has 136 valence electrons. The number of para-hydroxylation sites is 1. The Hall–Kier alpha value is -2.15. The average molecular weight is 389 g/mol. The lowest BCUT2D eigenvalue weighted by atomic mass is 10.2. The maximum Gasteiger partial charge on any atom is 0.256 e. The topological polar surface area (TPSA) is 50.2 Å². The molecule has 0 saturated carbocycles. The van der Waals surface area contributed by atoms with Crippen molar-refractivity contribution < 1.29 is 4.79 Å². The zero-order chi connectivity index (χ0) is 18.7. The second kappa shape index (κ2) is 8.03. The molecule has 1 amide bonds. The average Bonchev–Trinajstić information content (AvgIpc) is 3.24. The van der Waals surface area contributed by atoms with Crippen LogP contribution in [0.15, 0.2) is 47.8 Å². The van der Waals surface area contributed by atoms with E-state index in [2.05, 4.69) is 21.4 Å². The molecule has 1 atom stereocenters. The number of thiophene rings is 1. The summed E-state index contributed by atoms with van der Waals surface area (Å²) in [4.78, 5) is 16.1. The van der Waals surface area contributed by atoms with Gasteiger partial charge in [0.15, 0.2) is 0 Å². The summed E-state index contributed by atoms with van der Waals surface area (Å²) in [6, 6.07) is 13.7. The molecule has 2 aromatic heterocycles. The van der Waals surface area contributed by atoms with E-state index in [1.807, 2.05) is 55.9 Å². The van der Waals surface area contributed by atoms with Gasteiger partial charge in [0.25, 0.3) is 5.91 Å². The van der Waals surface area contributed by atoms with Gasteiger partial charge in [-0.2, -0.15) is 5.10 Å². The summed E-state index contributed by atoms with van der Waals surface area (Å²) in [5.41, 5.74) is 1.84. The van der Waals surface area contributed by atoms with Crippen LogP contribution in [0, 0.1) is 6.92 Å². The predicted octanol–water partition coefficient (Wildman–Crippen LogP) is 3.93. The molecule has 0 radical (unpaired) electrons. The molecule has 26 heavy (non-hydrogen) atoms. The fraction of sp³-hybridized carbons (Fsp3) is 0.263. The van der Waals surface area contributed by atoms with E-state index in [-0.39, 0.29) is 11.9 Å². The van der Waals surface area contributed by atoms with Gasteiger partial charge in [0.05, 0.1) is 23.0 Å². The lowest BCUT2D eigenvalue weighted by molar-refractivity contribution is 0.0942. The zero-order valence-corrected chi connectivity index (χ0v) is 16.5. The van der Waals surface area contributed by atoms with Gasteiger partial charge >= 0.3 is 0 Å². The Morgan fingerprint density at radius 3 is 2.62 bits per heavy atom. The van der Waals surface area contributed by atoms with E-state index in [1.165, 1.54) is 4.88 Å². The van der Waals surface area contributed by atoms with Crippen LogP contribution in [0.1, 0.15) is 27.0 Å². The van der Waals surface area contributed by atoms with Crippen LogP contribution < -0.4 is 5.32 Å². The van der Waals surface area contributed by atoms with Gasteiger partial charge in [0.2, 0.25) is 0 Å². The Labute approximate surface area is 162 Å². The standard InChI is InChI=1S/C19H21ClN4OS/c1-13-17(18(20)24(22-13)14-8-5-4-6-9-14)19(25)21-12-15(23(2)3)16-10-7-11-26-16/h4-11,15H,12H2,1-3H3,(H,21,25).